The standard InChI is InChI=1S/C21H29NO4Si/c1-21(2,3)27(4,5)25-12-13-10-16-17(18(16)26-13)11-22-19(23)14-8-6-7-9-15(14)20(22)24/h6-9,13,16-18H,10-12H2,1-5H3/t13-,16+,17+,18+/m1/s1. The zero-order chi connectivity index (χ0) is 19.6. The first-order valence-electron chi connectivity index (χ1n) is 9.85. The molecule has 1 saturated carbocycles. The molecule has 6 heteroatoms. The van der Waals surface area contributed by atoms with Crippen molar-refractivity contribution in [2.45, 2.75) is 57.5 Å². The molecule has 0 unspecified atom stereocenters. The molecule has 0 spiro atoms. The van der Waals surface area contributed by atoms with Crippen molar-refractivity contribution in [2.24, 2.45) is 11.8 Å². The molecule has 27 heavy (non-hydrogen) atoms. The Balaban J connectivity index is 1.29. The van der Waals surface area contributed by atoms with Gasteiger partial charge in [0, 0.05) is 12.5 Å². The summed E-state index contributed by atoms with van der Waals surface area (Å²) in [6.07, 6.45) is 1.28. The van der Waals surface area contributed by atoms with E-state index in [9.17, 15) is 9.59 Å². The molecule has 1 aromatic rings. The monoisotopic (exact) mass is 387 g/mol. The van der Waals surface area contributed by atoms with E-state index in [-0.39, 0.29) is 35.0 Å². The Morgan fingerprint density at radius 1 is 1.15 bits per heavy atom. The normalized spacial score (nSPS) is 29.9. The molecule has 2 heterocycles. The Morgan fingerprint density at radius 2 is 1.74 bits per heavy atom. The van der Waals surface area contributed by atoms with Gasteiger partial charge in [0.2, 0.25) is 0 Å². The van der Waals surface area contributed by atoms with Crippen LogP contribution in [0.4, 0.5) is 0 Å². The molecule has 2 fully saturated rings. The predicted octanol–water partition coefficient (Wildman–Crippen LogP) is 3.71. The number of hydrogen-bond acceptors (Lipinski definition) is 4. The van der Waals surface area contributed by atoms with Crippen LogP contribution in [0.25, 0.3) is 0 Å². The Bertz CT molecular complexity index is 738. The average molecular weight is 388 g/mol. The third kappa shape index (κ3) is 3.17. The lowest BCUT2D eigenvalue weighted by molar-refractivity contribution is 0.0196. The van der Waals surface area contributed by atoms with E-state index in [1.165, 1.54) is 4.90 Å². The zero-order valence-electron chi connectivity index (χ0n) is 16.8. The van der Waals surface area contributed by atoms with Gasteiger partial charge in [0.25, 0.3) is 11.8 Å². The zero-order valence-corrected chi connectivity index (χ0v) is 17.8. The molecule has 1 aliphatic carbocycles. The fourth-order valence-electron chi connectivity index (χ4n) is 3.98. The maximum absolute atomic E-state index is 12.5. The molecule has 2 aliphatic heterocycles. The van der Waals surface area contributed by atoms with Gasteiger partial charge >= 0.3 is 0 Å². The number of fused-ring (bicyclic) bond motifs is 2. The molecule has 5 nitrogen and oxygen atoms in total. The molecule has 0 N–H and O–H groups in total. The SMILES string of the molecule is CC(C)(C)[Si](C)(C)OC[C@H]1C[C@H]2[C@H](CN3C(=O)c4ccccc4C3=O)[C@H]2O1. The number of hydrogen-bond donors (Lipinski definition) is 0. The lowest BCUT2D eigenvalue weighted by Gasteiger charge is -2.37. The van der Waals surface area contributed by atoms with E-state index in [4.69, 9.17) is 9.16 Å². The van der Waals surface area contributed by atoms with Gasteiger partial charge in [-0.25, -0.2) is 0 Å². The Morgan fingerprint density at radius 3 is 2.22 bits per heavy atom. The molecule has 1 saturated heterocycles. The number of imide groups is 1. The highest BCUT2D eigenvalue weighted by molar-refractivity contribution is 6.74. The van der Waals surface area contributed by atoms with E-state index in [0.29, 0.717) is 30.2 Å². The average Bonchev–Trinajstić information content (AvgIpc) is 2.95. The molecule has 2 amide bonds. The second kappa shape index (κ2) is 6.26. The van der Waals surface area contributed by atoms with Crippen molar-refractivity contribution in [2.75, 3.05) is 13.2 Å². The van der Waals surface area contributed by atoms with Crippen LogP contribution in [0, 0.1) is 11.8 Å². The third-order valence-electron chi connectivity index (χ3n) is 6.85. The van der Waals surface area contributed by atoms with E-state index in [1.54, 1.807) is 24.3 Å². The fourth-order valence-corrected chi connectivity index (χ4v) is 5.02. The maximum Gasteiger partial charge on any atom is 0.261 e. The van der Waals surface area contributed by atoms with Gasteiger partial charge in [0.1, 0.15) is 0 Å². The lowest BCUT2D eigenvalue weighted by atomic mass is 10.1. The number of nitrogens with zero attached hydrogens (tertiary/aromatic N) is 1. The largest absolute Gasteiger partial charge is 0.414 e. The summed E-state index contributed by atoms with van der Waals surface area (Å²) in [6.45, 7) is 12.4. The number of carbonyl (C=O) groups excluding carboxylic acids is 2. The van der Waals surface area contributed by atoms with Crippen molar-refractivity contribution >= 4 is 20.1 Å². The van der Waals surface area contributed by atoms with Gasteiger partial charge in [0.05, 0.1) is 29.9 Å². The van der Waals surface area contributed by atoms with E-state index in [1.807, 2.05) is 0 Å². The van der Waals surface area contributed by atoms with Gasteiger partial charge in [-0.3, -0.25) is 14.5 Å². The molecule has 0 radical (unpaired) electrons. The van der Waals surface area contributed by atoms with Gasteiger partial charge in [-0.05, 0) is 42.6 Å². The van der Waals surface area contributed by atoms with Crippen LogP contribution in [0.2, 0.25) is 18.1 Å². The molecule has 4 atom stereocenters. The van der Waals surface area contributed by atoms with Crippen molar-refractivity contribution in [1.29, 1.82) is 0 Å². The van der Waals surface area contributed by atoms with Gasteiger partial charge in [-0.1, -0.05) is 32.9 Å². The predicted molar refractivity (Wildman–Crippen MR) is 105 cm³/mol. The smallest absolute Gasteiger partial charge is 0.261 e. The summed E-state index contributed by atoms with van der Waals surface area (Å²) >= 11 is 0. The minimum atomic E-state index is -1.76. The van der Waals surface area contributed by atoms with Crippen LogP contribution in [0.3, 0.4) is 0 Å². The minimum absolute atomic E-state index is 0.146. The highest BCUT2D eigenvalue weighted by Crippen LogP contribution is 2.52. The molecular weight excluding hydrogens is 358 g/mol. The van der Waals surface area contributed by atoms with E-state index in [0.717, 1.165) is 6.42 Å². The van der Waals surface area contributed by atoms with Crippen molar-refractivity contribution in [1.82, 2.24) is 4.90 Å². The van der Waals surface area contributed by atoms with Crippen molar-refractivity contribution in [3.05, 3.63) is 35.4 Å². The van der Waals surface area contributed by atoms with Crippen LogP contribution in [0.1, 0.15) is 47.9 Å². The topological polar surface area (TPSA) is 55.8 Å². The molecule has 4 rings (SSSR count). The van der Waals surface area contributed by atoms with Crippen molar-refractivity contribution in [3.8, 4) is 0 Å². The Hall–Kier alpha value is -1.50. The summed E-state index contributed by atoms with van der Waals surface area (Å²) in [5.41, 5.74) is 1.05. The summed E-state index contributed by atoms with van der Waals surface area (Å²) in [4.78, 5) is 26.4. The van der Waals surface area contributed by atoms with E-state index in [2.05, 4.69) is 33.9 Å². The maximum atomic E-state index is 12.5. The molecule has 0 aromatic heterocycles. The minimum Gasteiger partial charge on any atom is -0.414 e. The molecule has 1 aromatic carbocycles. The highest BCUT2D eigenvalue weighted by Gasteiger charge is 2.59. The van der Waals surface area contributed by atoms with Gasteiger partial charge in [-0.2, -0.15) is 0 Å². The van der Waals surface area contributed by atoms with E-state index < -0.39 is 8.32 Å². The summed E-state index contributed by atoms with van der Waals surface area (Å²) in [5, 5.41) is 0.197. The number of ether oxygens (including phenoxy) is 1. The van der Waals surface area contributed by atoms with Crippen LogP contribution in [0.5, 0.6) is 0 Å². The number of rotatable bonds is 5. The number of carbonyl (C=O) groups is 2. The highest BCUT2D eigenvalue weighted by atomic mass is 28.4. The quantitative estimate of drug-likeness (QED) is 0.571. The summed E-state index contributed by atoms with van der Waals surface area (Å²) in [7, 11) is -1.76. The second-order valence-electron chi connectivity index (χ2n) is 9.62. The third-order valence-corrected chi connectivity index (χ3v) is 11.3. The van der Waals surface area contributed by atoms with Crippen molar-refractivity contribution in [3.63, 3.8) is 0 Å². The Labute approximate surface area is 162 Å². The van der Waals surface area contributed by atoms with Crippen LogP contribution in [-0.2, 0) is 9.16 Å². The molecular formula is C21H29NO4Si. The lowest BCUT2D eigenvalue weighted by Crippen LogP contribution is -2.43. The van der Waals surface area contributed by atoms with Gasteiger partial charge in [-0.15, -0.1) is 0 Å². The second-order valence-corrected chi connectivity index (χ2v) is 14.4. The van der Waals surface area contributed by atoms with Crippen LogP contribution in [0.15, 0.2) is 24.3 Å². The number of benzene rings is 1. The summed E-state index contributed by atoms with van der Waals surface area (Å²) < 4.78 is 12.4. The van der Waals surface area contributed by atoms with Crippen LogP contribution >= 0.6 is 0 Å². The van der Waals surface area contributed by atoms with Crippen LogP contribution in [-0.4, -0.2) is 50.4 Å². The molecule has 3 aliphatic rings. The van der Waals surface area contributed by atoms with Gasteiger partial charge in [0.15, 0.2) is 8.32 Å². The Kier molecular flexibility index (Phi) is 4.37. The van der Waals surface area contributed by atoms with Crippen LogP contribution < -0.4 is 0 Å². The van der Waals surface area contributed by atoms with E-state index >= 15 is 0 Å². The first-order valence-corrected chi connectivity index (χ1v) is 12.8. The van der Waals surface area contributed by atoms with Gasteiger partial charge < -0.3 is 9.16 Å². The number of amides is 2. The first-order chi connectivity index (χ1) is 12.6. The molecule has 146 valence electrons. The van der Waals surface area contributed by atoms with Crippen molar-refractivity contribution < 1.29 is 18.8 Å². The summed E-state index contributed by atoms with van der Waals surface area (Å²) in [6, 6.07) is 7.06. The first kappa shape index (κ1) is 18.8. The summed E-state index contributed by atoms with van der Waals surface area (Å²) in [5.74, 6) is 0.385. The fraction of sp³-hybridized carbons (Fsp3) is 0.619. The molecule has 0 bridgehead atoms.